The molecular formula is C21H23ClFN5O. The number of aromatic nitrogens is 2. The number of likely N-dealkylation sites (N-methyl/N-ethyl adjacent to an activating group) is 1. The first kappa shape index (κ1) is 19.7. The van der Waals surface area contributed by atoms with E-state index in [9.17, 15) is 9.18 Å². The van der Waals surface area contributed by atoms with Crippen LogP contribution >= 0.6 is 11.6 Å². The van der Waals surface area contributed by atoms with Crippen LogP contribution in [-0.4, -0.2) is 40.8 Å². The Morgan fingerprint density at radius 2 is 2.17 bits per heavy atom. The Labute approximate surface area is 173 Å². The van der Waals surface area contributed by atoms with Gasteiger partial charge in [-0.25, -0.2) is 9.18 Å². The maximum absolute atomic E-state index is 14.0. The summed E-state index contributed by atoms with van der Waals surface area (Å²) in [5.41, 5.74) is 2.21. The normalized spacial score (nSPS) is 18.5. The van der Waals surface area contributed by atoms with Crippen LogP contribution in [0.15, 0.2) is 42.6 Å². The lowest BCUT2D eigenvalue weighted by atomic mass is 9.91. The van der Waals surface area contributed by atoms with Crippen molar-refractivity contribution in [2.75, 3.05) is 18.9 Å². The molecule has 2 atom stereocenters. The van der Waals surface area contributed by atoms with Crippen LogP contribution in [-0.2, 0) is 0 Å². The van der Waals surface area contributed by atoms with Gasteiger partial charge in [-0.1, -0.05) is 18.0 Å². The van der Waals surface area contributed by atoms with E-state index < -0.39 is 5.82 Å². The molecule has 1 aliphatic heterocycles. The van der Waals surface area contributed by atoms with E-state index in [0.717, 1.165) is 36.7 Å². The van der Waals surface area contributed by atoms with E-state index in [1.807, 2.05) is 19.2 Å². The molecule has 29 heavy (non-hydrogen) atoms. The number of piperidine rings is 1. The molecule has 3 aromatic rings. The summed E-state index contributed by atoms with van der Waals surface area (Å²) >= 11 is 6.09. The fourth-order valence-electron chi connectivity index (χ4n) is 4.01. The van der Waals surface area contributed by atoms with Crippen LogP contribution in [0.5, 0.6) is 0 Å². The first-order valence-electron chi connectivity index (χ1n) is 9.66. The van der Waals surface area contributed by atoms with Gasteiger partial charge < -0.3 is 15.5 Å². The number of nitrogens with one attached hydrogen (secondary N) is 3. The van der Waals surface area contributed by atoms with E-state index in [1.54, 1.807) is 18.3 Å². The average Bonchev–Trinajstić information content (AvgIpc) is 3.14. The molecule has 6 nitrogen and oxygen atoms in total. The second kappa shape index (κ2) is 8.39. The first-order valence-corrected chi connectivity index (χ1v) is 10.0. The predicted molar refractivity (Wildman–Crippen MR) is 113 cm³/mol. The first-order chi connectivity index (χ1) is 14.0. The molecule has 1 fully saturated rings. The van der Waals surface area contributed by atoms with Gasteiger partial charge in [0, 0.05) is 22.1 Å². The van der Waals surface area contributed by atoms with E-state index in [0.29, 0.717) is 16.3 Å². The van der Waals surface area contributed by atoms with Crippen molar-refractivity contribution in [3.05, 3.63) is 59.0 Å². The zero-order chi connectivity index (χ0) is 20.4. The third-order valence-electron chi connectivity index (χ3n) is 5.44. The SMILES string of the molecule is CN1CCCCC1C(NC(=O)Nc1ccc2[nH]ncc2c1)c1cc(F)cc(Cl)c1. The van der Waals surface area contributed by atoms with Crippen molar-refractivity contribution in [2.45, 2.75) is 31.3 Å². The van der Waals surface area contributed by atoms with Crippen molar-refractivity contribution in [3.63, 3.8) is 0 Å². The van der Waals surface area contributed by atoms with Crippen LogP contribution in [0.4, 0.5) is 14.9 Å². The maximum atomic E-state index is 14.0. The molecule has 152 valence electrons. The number of halogens is 2. The lowest BCUT2D eigenvalue weighted by Gasteiger charge is -2.38. The number of H-pyrrole nitrogens is 1. The van der Waals surface area contributed by atoms with Crippen LogP contribution in [0.2, 0.25) is 5.02 Å². The highest BCUT2D eigenvalue weighted by atomic mass is 35.5. The summed E-state index contributed by atoms with van der Waals surface area (Å²) in [6, 6.07) is 9.27. The molecule has 2 amide bonds. The molecule has 0 radical (unpaired) electrons. The Morgan fingerprint density at radius 1 is 1.31 bits per heavy atom. The highest BCUT2D eigenvalue weighted by Crippen LogP contribution is 2.30. The monoisotopic (exact) mass is 415 g/mol. The number of likely N-dealkylation sites (tertiary alicyclic amines) is 1. The lowest BCUT2D eigenvalue weighted by Crippen LogP contribution is -2.48. The molecule has 2 aromatic carbocycles. The zero-order valence-electron chi connectivity index (χ0n) is 16.1. The van der Waals surface area contributed by atoms with Gasteiger partial charge in [-0.3, -0.25) is 5.10 Å². The summed E-state index contributed by atoms with van der Waals surface area (Å²) in [5, 5.41) is 14.0. The number of anilines is 1. The van der Waals surface area contributed by atoms with Crippen LogP contribution in [0.25, 0.3) is 10.9 Å². The van der Waals surface area contributed by atoms with Gasteiger partial charge in [0.2, 0.25) is 0 Å². The van der Waals surface area contributed by atoms with Gasteiger partial charge in [-0.15, -0.1) is 0 Å². The van der Waals surface area contributed by atoms with Crippen molar-refractivity contribution >= 4 is 34.2 Å². The third kappa shape index (κ3) is 4.52. The molecule has 2 unspecified atom stereocenters. The molecule has 2 heterocycles. The molecule has 1 saturated heterocycles. The van der Waals surface area contributed by atoms with Gasteiger partial charge in [0.05, 0.1) is 17.8 Å². The van der Waals surface area contributed by atoms with E-state index >= 15 is 0 Å². The predicted octanol–water partition coefficient (Wildman–Crippen LogP) is 4.70. The van der Waals surface area contributed by atoms with Crippen LogP contribution < -0.4 is 10.6 Å². The minimum atomic E-state index is -0.413. The Balaban J connectivity index is 1.57. The summed E-state index contributed by atoms with van der Waals surface area (Å²) in [6.45, 7) is 0.935. The van der Waals surface area contributed by atoms with Crippen molar-refractivity contribution in [1.82, 2.24) is 20.4 Å². The summed E-state index contributed by atoms with van der Waals surface area (Å²) < 4.78 is 14.0. The highest BCUT2D eigenvalue weighted by Gasteiger charge is 2.30. The number of fused-ring (bicyclic) bond motifs is 1. The molecule has 0 bridgehead atoms. The fraction of sp³-hybridized carbons (Fsp3) is 0.333. The molecule has 8 heteroatoms. The fourth-order valence-corrected chi connectivity index (χ4v) is 4.24. The minimum absolute atomic E-state index is 0.0590. The molecule has 0 spiro atoms. The Morgan fingerprint density at radius 3 is 2.97 bits per heavy atom. The number of carbonyl (C=O) groups is 1. The largest absolute Gasteiger partial charge is 0.329 e. The molecule has 0 aliphatic carbocycles. The Bertz CT molecular complexity index is 1000. The number of amides is 2. The molecule has 4 rings (SSSR count). The van der Waals surface area contributed by atoms with Crippen LogP contribution in [0.3, 0.4) is 0 Å². The highest BCUT2D eigenvalue weighted by molar-refractivity contribution is 6.30. The second-order valence-corrected chi connectivity index (χ2v) is 7.93. The number of aromatic amines is 1. The minimum Gasteiger partial charge on any atom is -0.329 e. The molecule has 1 aromatic heterocycles. The number of urea groups is 1. The van der Waals surface area contributed by atoms with E-state index in [4.69, 9.17) is 11.6 Å². The van der Waals surface area contributed by atoms with Gasteiger partial charge in [0.25, 0.3) is 0 Å². The zero-order valence-corrected chi connectivity index (χ0v) is 16.8. The number of hydrogen-bond acceptors (Lipinski definition) is 3. The summed E-state index contributed by atoms with van der Waals surface area (Å²) in [7, 11) is 2.03. The van der Waals surface area contributed by atoms with Crippen molar-refractivity contribution < 1.29 is 9.18 Å². The van der Waals surface area contributed by atoms with Gasteiger partial charge in [-0.2, -0.15) is 5.10 Å². The third-order valence-corrected chi connectivity index (χ3v) is 5.66. The van der Waals surface area contributed by atoms with Crippen LogP contribution in [0, 0.1) is 5.82 Å². The van der Waals surface area contributed by atoms with E-state index in [2.05, 4.69) is 25.7 Å². The molecule has 0 saturated carbocycles. The van der Waals surface area contributed by atoms with Crippen molar-refractivity contribution in [3.8, 4) is 0 Å². The van der Waals surface area contributed by atoms with Gasteiger partial charge in [-0.05, 0) is 68.4 Å². The van der Waals surface area contributed by atoms with Crippen LogP contribution in [0.1, 0.15) is 30.9 Å². The number of benzene rings is 2. The van der Waals surface area contributed by atoms with Crippen molar-refractivity contribution in [2.24, 2.45) is 0 Å². The molecule has 1 aliphatic rings. The van der Waals surface area contributed by atoms with E-state index in [-0.39, 0.29) is 18.1 Å². The quantitative estimate of drug-likeness (QED) is 0.578. The summed E-state index contributed by atoms with van der Waals surface area (Å²) in [4.78, 5) is 15.0. The summed E-state index contributed by atoms with van der Waals surface area (Å²) in [6.07, 6.45) is 4.79. The molecular weight excluding hydrogens is 393 g/mol. The Hall–Kier alpha value is -2.64. The van der Waals surface area contributed by atoms with Gasteiger partial charge in [0.15, 0.2) is 0 Å². The molecule has 3 N–H and O–H groups in total. The average molecular weight is 416 g/mol. The standard InChI is InChI=1S/C21H23ClFN5O/c1-28-7-3-2-4-19(28)20(13-8-15(22)11-16(23)9-13)26-21(29)25-17-5-6-18-14(10-17)12-24-27-18/h5-6,8-12,19-20H,2-4,7H2,1H3,(H,24,27)(H2,25,26,29). The number of hydrogen-bond donors (Lipinski definition) is 3. The number of rotatable bonds is 4. The number of carbonyl (C=O) groups excluding carboxylic acids is 1. The number of nitrogens with zero attached hydrogens (tertiary/aromatic N) is 2. The topological polar surface area (TPSA) is 73.1 Å². The maximum Gasteiger partial charge on any atom is 0.319 e. The van der Waals surface area contributed by atoms with Crippen molar-refractivity contribution in [1.29, 1.82) is 0 Å². The van der Waals surface area contributed by atoms with E-state index in [1.165, 1.54) is 12.1 Å². The second-order valence-electron chi connectivity index (χ2n) is 7.49. The smallest absolute Gasteiger partial charge is 0.319 e. The van der Waals surface area contributed by atoms with Gasteiger partial charge >= 0.3 is 6.03 Å². The van der Waals surface area contributed by atoms with Gasteiger partial charge in [0.1, 0.15) is 5.82 Å². The lowest BCUT2D eigenvalue weighted by molar-refractivity contribution is 0.147. The Kier molecular flexibility index (Phi) is 5.69. The summed E-state index contributed by atoms with van der Waals surface area (Å²) in [5.74, 6) is -0.413.